The fourth-order valence-electron chi connectivity index (χ4n) is 3.18. The lowest BCUT2D eigenvalue weighted by Crippen LogP contribution is -2.27. The van der Waals surface area contributed by atoms with Crippen molar-refractivity contribution in [1.82, 2.24) is 0 Å². The van der Waals surface area contributed by atoms with Gasteiger partial charge in [0.25, 0.3) is 0 Å². The Hall–Kier alpha value is -1.96. The average Bonchev–Trinajstić information content (AvgIpc) is 2.49. The van der Waals surface area contributed by atoms with E-state index in [1.807, 2.05) is 0 Å². The fraction of sp³-hybridized carbons (Fsp3) is 0.368. The Morgan fingerprint density at radius 1 is 1.05 bits per heavy atom. The predicted molar refractivity (Wildman–Crippen MR) is 88.3 cm³/mol. The summed E-state index contributed by atoms with van der Waals surface area (Å²) < 4.78 is 5.35. The zero-order valence-corrected chi connectivity index (χ0v) is 13.1. The number of methoxy groups -OCH3 is 1. The van der Waals surface area contributed by atoms with Crippen molar-refractivity contribution in [3.8, 4) is 5.75 Å². The number of nitrogens with one attached hydrogen (secondary N) is 1. The molecule has 0 fully saturated rings. The van der Waals surface area contributed by atoms with Gasteiger partial charge in [0, 0.05) is 11.7 Å². The number of hydrogen-bond acceptors (Lipinski definition) is 2. The summed E-state index contributed by atoms with van der Waals surface area (Å²) in [5, 5.41) is 3.71. The first-order valence-corrected chi connectivity index (χ1v) is 7.65. The molecule has 0 aromatic heterocycles. The van der Waals surface area contributed by atoms with Gasteiger partial charge in [-0.15, -0.1) is 0 Å². The molecule has 2 nitrogen and oxygen atoms in total. The van der Waals surface area contributed by atoms with E-state index in [2.05, 4.69) is 55.6 Å². The van der Waals surface area contributed by atoms with Crippen molar-refractivity contribution in [1.29, 1.82) is 0 Å². The Kier molecular flexibility index (Phi) is 3.87. The third-order valence-corrected chi connectivity index (χ3v) is 4.38. The molecule has 0 spiro atoms. The summed E-state index contributed by atoms with van der Waals surface area (Å²) in [5.74, 6) is 0.959. The van der Waals surface area contributed by atoms with Crippen LogP contribution in [0.4, 0.5) is 5.69 Å². The highest BCUT2D eigenvalue weighted by Gasteiger charge is 2.19. The number of fused-ring (bicyclic) bond motifs is 1. The SMILES string of the molecule is COc1ccc2c(c1)CC(Nc1ccc(C)cc1C)CC2. The van der Waals surface area contributed by atoms with Crippen LogP contribution in [0.1, 0.15) is 28.7 Å². The minimum absolute atomic E-state index is 0.506. The van der Waals surface area contributed by atoms with Crippen LogP contribution in [0.5, 0.6) is 5.75 Å². The zero-order valence-electron chi connectivity index (χ0n) is 13.1. The maximum atomic E-state index is 5.35. The van der Waals surface area contributed by atoms with E-state index in [1.54, 1.807) is 7.11 Å². The van der Waals surface area contributed by atoms with E-state index >= 15 is 0 Å². The second-order valence-corrected chi connectivity index (χ2v) is 6.04. The summed E-state index contributed by atoms with van der Waals surface area (Å²) in [4.78, 5) is 0. The number of anilines is 1. The quantitative estimate of drug-likeness (QED) is 0.906. The first kappa shape index (κ1) is 14.0. The van der Waals surface area contributed by atoms with Crippen molar-refractivity contribution in [2.24, 2.45) is 0 Å². The topological polar surface area (TPSA) is 21.3 Å². The number of benzene rings is 2. The highest BCUT2D eigenvalue weighted by atomic mass is 16.5. The molecular formula is C19H23NO. The van der Waals surface area contributed by atoms with E-state index in [1.165, 1.54) is 34.4 Å². The van der Waals surface area contributed by atoms with Crippen molar-refractivity contribution in [2.45, 2.75) is 39.2 Å². The van der Waals surface area contributed by atoms with E-state index < -0.39 is 0 Å². The molecule has 3 rings (SSSR count). The number of ether oxygens (including phenoxy) is 1. The van der Waals surface area contributed by atoms with Crippen LogP contribution in [-0.4, -0.2) is 13.2 Å². The molecular weight excluding hydrogens is 258 g/mol. The Labute approximate surface area is 127 Å². The maximum Gasteiger partial charge on any atom is 0.119 e. The largest absolute Gasteiger partial charge is 0.497 e. The van der Waals surface area contributed by atoms with Gasteiger partial charge < -0.3 is 10.1 Å². The average molecular weight is 281 g/mol. The summed E-state index contributed by atoms with van der Waals surface area (Å²) in [5.41, 5.74) is 6.79. The van der Waals surface area contributed by atoms with Crippen LogP contribution in [0.2, 0.25) is 0 Å². The normalized spacial score (nSPS) is 17.2. The van der Waals surface area contributed by atoms with Crippen molar-refractivity contribution < 1.29 is 4.74 Å². The molecule has 110 valence electrons. The predicted octanol–water partition coefficient (Wildman–Crippen LogP) is 4.28. The van der Waals surface area contributed by atoms with Gasteiger partial charge in [-0.1, -0.05) is 23.8 Å². The van der Waals surface area contributed by atoms with E-state index in [4.69, 9.17) is 4.74 Å². The number of hydrogen-bond donors (Lipinski definition) is 1. The lowest BCUT2D eigenvalue weighted by atomic mass is 9.88. The molecule has 0 aliphatic heterocycles. The van der Waals surface area contributed by atoms with Gasteiger partial charge in [0.05, 0.1) is 7.11 Å². The van der Waals surface area contributed by atoms with E-state index in [0.717, 1.165) is 18.6 Å². The third-order valence-electron chi connectivity index (χ3n) is 4.38. The number of rotatable bonds is 3. The van der Waals surface area contributed by atoms with Crippen molar-refractivity contribution >= 4 is 5.69 Å². The first-order chi connectivity index (χ1) is 10.2. The molecule has 21 heavy (non-hydrogen) atoms. The van der Waals surface area contributed by atoms with Crippen LogP contribution in [-0.2, 0) is 12.8 Å². The van der Waals surface area contributed by atoms with Crippen LogP contribution in [0, 0.1) is 13.8 Å². The Bertz CT molecular complexity index is 648. The number of aryl methyl sites for hydroxylation is 3. The summed E-state index contributed by atoms with van der Waals surface area (Å²) in [6.45, 7) is 4.31. The van der Waals surface area contributed by atoms with E-state index in [0.29, 0.717) is 6.04 Å². The monoisotopic (exact) mass is 281 g/mol. The minimum atomic E-state index is 0.506. The Balaban J connectivity index is 1.76. The van der Waals surface area contributed by atoms with Crippen LogP contribution in [0.3, 0.4) is 0 Å². The minimum Gasteiger partial charge on any atom is -0.497 e. The second kappa shape index (κ2) is 5.80. The van der Waals surface area contributed by atoms with Gasteiger partial charge in [-0.3, -0.25) is 0 Å². The molecule has 0 amide bonds. The lowest BCUT2D eigenvalue weighted by molar-refractivity contribution is 0.413. The van der Waals surface area contributed by atoms with Crippen molar-refractivity contribution in [3.05, 3.63) is 58.7 Å². The molecule has 1 unspecified atom stereocenters. The van der Waals surface area contributed by atoms with Gasteiger partial charge in [-0.2, -0.15) is 0 Å². The molecule has 1 aliphatic carbocycles. The Morgan fingerprint density at radius 2 is 1.90 bits per heavy atom. The third kappa shape index (κ3) is 3.05. The molecule has 0 bridgehead atoms. The van der Waals surface area contributed by atoms with Crippen molar-refractivity contribution in [2.75, 3.05) is 12.4 Å². The smallest absolute Gasteiger partial charge is 0.119 e. The van der Waals surface area contributed by atoms with Crippen LogP contribution in [0.15, 0.2) is 36.4 Å². The first-order valence-electron chi connectivity index (χ1n) is 7.65. The van der Waals surface area contributed by atoms with Crippen LogP contribution >= 0.6 is 0 Å². The molecule has 2 aromatic rings. The highest BCUT2D eigenvalue weighted by Crippen LogP contribution is 2.28. The van der Waals surface area contributed by atoms with Crippen molar-refractivity contribution in [3.63, 3.8) is 0 Å². The van der Waals surface area contributed by atoms with Gasteiger partial charge in [0.2, 0.25) is 0 Å². The second-order valence-electron chi connectivity index (χ2n) is 6.04. The standard InChI is InChI=1S/C19H23NO/c1-13-4-9-19(14(2)10-13)20-17-7-5-15-6-8-18(21-3)12-16(15)11-17/h4,6,8-10,12,17,20H,5,7,11H2,1-3H3. The Morgan fingerprint density at radius 3 is 2.67 bits per heavy atom. The molecule has 1 N–H and O–H groups in total. The molecule has 0 saturated heterocycles. The summed E-state index contributed by atoms with van der Waals surface area (Å²) in [6, 6.07) is 13.6. The summed E-state index contributed by atoms with van der Waals surface area (Å²) >= 11 is 0. The molecule has 2 aromatic carbocycles. The summed E-state index contributed by atoms with van der Waals surface area (Å²) in [7, 11) is 1.73. The molecule has 0 saturated carbocycles. The van der Waals surface area contributed by atoms with Gasteiger partial charge >= 0.3 is 0 Å². The molecule has 0 heterocycles. The van der Waals surface area contributed by atoms with E-state index in [-0.39, 0.29) is 0 Å². The van der Waals surface area contributed by atoms with Gasteiger partial charge in [0.15, 0.2) is 0 Å². The lowest BCUT2D eigenvalue weighted by Gasteiger charge is -2.27. The van der Waals surface area contributed by atoms with Gasteiger partial charge in [-0.25, -0.2) is 0 Å². The molecule has 1 atom stereocenters. The van der Waals surface area contributed by atoms with Gasteiger partial charge in [0.1, 0.15) is 5.75 Å². The highest BCUT2D eigenvalue weighted by molar-refractivity contribution is 5.53. The van der Waals surface area contributed by atoms with Gasteiger partial charge in [-0.05, 0) is 68.0 Å². The van der Waals surface area contributed by atoms with Crippen LogP contribution < -0.4 is 10.1 Å². The zero-order chi connectivity index (χ0) is 14.8. The molecule has 1 aliphatic rings. The molecule has 2 heteroatoms. The van der Waals surface area contributed by atoms with E-state index in [9.17, 15) is 0 Å². The summed E-state index contributed by atoms with van der Waals surface area (Å²) in [6.07, 6.45) is 3.40. The molecule has 0 radical (unpaired) electrons. The maximum absolute atomic E-state index is 5.35. The van der Waals surface area contributed by atoms with Crippen LogP contribution in [0.25, 0.3) is 0 Å². The fourth-order valence-corrected chi connectivity index (χ4v) is 3.18.